The van der Waals surface area contributed by atoms with Crippen molar-refractivity contribution in [3.63, 3.8) is 0 Å². The fourth-order valence-corrected chi connectivity index (χ4v) is 1.42. The summed E-state index contributed by atoms with van der Waals surface area (Å²) < 4.78 is 0. The fraction of sp³-hybridized carbons (Fsp3) is 0.857. The van der Waals surface area contributed by atoms with Gasteiger partial charge in [0.1, 0.15) is 0 Å². The Morgan fingerprint density at radius 3 is 2.36 bits per heavy atom. The second kappa shape index (κ2) is 3.57. The molecule has 0 bridgehead atoms. The summed E-state index contributed by atoms with van der Waals surface area (Å²) in [6.45, 7) is 0. The Morgan fingerprint density at radius 1 is 1.36 bits per heavy atom. The van der Waals surface area contributed by atoms with Gasteiger partial charge in [0, 0.05) is 6.04 Å². The van der Waals surface area contributed by atoms with Crippen LogP contribution >= 0.6 is 0 Å². The quantitative estimate of drug-likeness (QED) is 0.500. The first-order valence-electron chi connectivity index (χ1n) is 3.92. The van der Waals surface area contributed by atoms with Gasteiger partial charge in [0.25, 0.3) is 0 Å². The van der Waals surface area contributed by atoms with Gasteiger partial charge < -0.3 is 16.2 Å². The molecular weight excluding hydrogens is 144 g/mol. The van der Waals surface area contributed by atoms with E-state index in [2.05, 4.69) is 5.32 Å². The van der Waals surface area contributed by atoms with E-state index in [0.29, 0.717) is 0 Å². The van der Waals surface area contributed by atoms with Crippen molar-refractivity contribution in [3.05, 3.63) is 0 Å². The molecular formula is C7H14N2O2. The van der Waals surface area contributed by atoms with E-state index in [-0.39, 0.29) is 12.1 Å². The van der Waals surface area contributed by atoms with E-state index in [1.165, 1.54) is 0 Å². The number of amides is 2. The number of rotatable bonds is 1. The third-order valence-corrected chi connectivity index (χ3v) is 2.04. The van der Waals surface area contributed by atoms with Gasteiger partial charge in [0.05, 0.1) is 6.10 Å². The third-order valence-electron chi connectivity index (χ3n) is 2.04. The Labute approximate surface area is 65.8 Å². The lowest BCUT2D eigenvalue weighted by Crippen LogP contribution is -2.41. The second-order valence-corrected chi connectivity index (χ2v) is 3.01. The maximum atomic E-state index is 10.4. The zero-order valence-electron chi connectivity index (χ0n) is 6.42. The predicted octanol–water partition coefficient (Wildman–Crippen LogP) is -0.0418. The van der Waals surface area contributed by atoms with Crippen molar-refractivity contribution in [2.45, 2.75) is 37.8 Å². The molecule has 1 aliphatic rings. The van der Waals surface area contributed by atoms with Gasteiger partial charge in [-0.3, -0.25) is 0 Å². The molecule has 4 N–H and O–H groups in total. The minimum atomic E-state index is -0.466. The molecule has 1 aliphatic carbocycles. The average molecular weight is 158 g/mol. The molecule has 0 aromatic rings. The largest absolute Gasteiger partial charge is 0.393 e. The molecule has 1 fully saturated rings. The van der Waals surface area contributed by atoms with E-state index in [9.17, 15) is 4.79 Å². The summed E-state index contributed by atoms with van der Waals surface area (Å²) in [6, 6.07) is -0.290. The monoisotopic (exact) mass is 158 g/mol. The minimum Gasteiger partial charge on any atom is -0.393 e. The van der Waals surface area contributed by atoms with Crippen LogP contribution in [0.4, 0.5) is 4.79 Å². The van der Waals surface area contributed by atoms with Gasteiger partial charge in [0.2, 0.25) is 0 Å². The van der Waals surface area contributed by atoms with Gasteiger partial charge in [0.15, 0.2) is 0 Å². The molecule has 4 heteroatoms. The first-order valence-corrected chi connectivity index (χ1v) is 3.92. The smallest absolute Gasteiger partial charge is 0.312 e. The van der Waals surface area contributed by atoms with Gasteiger partial charge in [-0.25, -0.2) is 4.79 Å². The average Bonchev–Trinajstić information content (AvgIpc) is 1.93. The highest BCUT2D eigenvalue weighted by Gasteiger charge is 2.19. The Hall–Kier alpha value is -0.770. The van der Waals surface area contributed by atoms with Crippen molar-refractivity contribution < 1.29 is 9.90 Å². The summed E-state index contributed by atoms with van der Waals surface area (Å²) in [6.07, 6.45) is 3.03. The molecule has 1 saturated carbocycles. The van der Waals surface area contributed by atoms with E-state index in [1.54, 1.807) is 0 Å². The van der Waals surface area contributed by atoms with Crippen molar-refractivity contribution in [1.82, 2.24) is 5.32 Å². The molecule has 0 radical (unpaired) electrons. The highest BCUT2D eigenvalue weighted by molar-refractivity contribution is 5.71. The van der Waals surface area contributed by atoms with Crippen LogP contribution in [0.1, 0.15) is 25.7 Å². The van der Waals surface area contributed by atoms with Gasteiger partial charge >= 0.3 is 6.03 Å². The molecule has 0 unspecified atom stereocenters. The molecule has 0 aliphatic heterocycles. The molecule has 2 amide bonds. The number of primary amides is 1. The van der Waals surface area contributed by atoms with Crippen molar-refractivity contribution in [2.24, 2.45) is 5.73 Å². The van der Waals surface area contributed by atoms with Crippen LogP contribution in [-0.4, -0.2) is 23.3 Å². The van der Waals surface area contributed by atoms with Gasteiger partial charge in [-0.05, 0) is 25.7 Å². The SMILES string of the molecule is NC(=O)NC1CCC(O)CC1. The summed E-state index contributed by atoms with van der Waals surface area (Å²) in [5.74, 6) is 0. The zero-order valence-corrected chi connectivity index (χ0v) is 6.42. The van der Waals surface area contributed by atoms with Crippen LogP contribution in [0.5, 0.6) is 0 Å². The number of aliphatic hydroxyl groups excluding tert-OH is 1. The summed E-state index contributed by atoms with van der Waals surface area (Å²) in [7, 11) is 0. The Bertz CT molecular complexity index is 141. The number of hydrogen-bond donors (Lipinski definition) is 3. The van der Waals surface area contributed by atoms with Gasteiger partial charge in [-0.15, -0.1) is 0 Å². The van der Waals surface area contributed by atoms with Crippen LogP contribution in [0, 0.1) is 0 Å². The number of nitrogens with two attached hydrogens (primary N) is 1. The first-order chi connectivity index (χ1) is 5.18. The number of aliphatic hydroxyl groups is 1. The van der Waals surface area contributed by atoms with Crippen molar-refractivity contribution in [1.29, 1.82) is 0 Å². The van der Waals surface area contributed by atoms with E-state index >= 15 is 0 Å². The second-order valence-electron chi connectivity index (χ2n) is 3.01. The maximum Gasteiger partial charge on any atom is 0.312 e. The Balaban J connectivity index is 2.22. The van der Waals surface area contributed by atoms with Crippen molar-refractivity contribution >= 4 is 6.03 Å². The molecule has 0 atom stereocenters. The van der Waals surface area contributed by atoms with Crippen LogP contribution in [0.15, 0.2) is 0 Å². The summed E-state index contributed by atoms with van der Waals surface area (Å²) in [5, 5.41) is 11.7. The van der Waals surface area contributed by atoms with Gasteiger partial charge in [-0.1, -0.05) is 0 Å². The van der Waals surface area contributed by atoms with Crippen LogP contribution in [0.25, 0.3) is 0 Å². The molecule has 0 heterocycles. The van der Waals surface area contributed by atoms with E-state index < -0.39 is 6.03 Å². The summed E-state index contributed by atoms with van der Waals surface area (Å²) in [5.41, 5.74) is 4.95. The standard InChI is InChI=1S/C7H14N2O2/c8-7(11)9-5-1-3-6(10)4-2-5/h5-6,10H,1-4H2,(H3,8,9,11). The first kappa shape index (κ1) is 8.33. The minimum absolute atomic E-state index is 0.177. The summed E-state index contributed by atoms with van der Waals surface area (Å²) in [4.78, 5) is 10.4. The van der Waals surface area contributed by atoms with Crippen LogP contribution < -0.4 is 11.1 Å². The highest BCUT2D eigenvalue weighted by atomic mass is 16.3. The van der Waals surface area contributed by atoms with E-state index in [1.807, 2.05) is 0 Å². The highest BCUT2D eigenvalue weighted by Crippen LogP contribution is 2.17. The van der Waals surface area contributed by atoms with E-state index in [4.69, 9.17) is 10.8 Å². The molecule has 0 aromatic heterocycles. The molecule has 0 aromatic carbocycles. The summed E-state index contributed by atoms with van der Waals surface area (Å²) >= 11 is 0. The van der Waals surface area contributed by atoms with Crippen molar-refractivity contribution in [2.75, 3.05) is 0 Å². The molecule has 0 spiro atoms. The molecule has 1 rings (SSSR count). The number of carbonyl (C=O) groups excluding carboxylic acids is 1. The Morgan fingerprint density at radius 2 is 1.91 bits per heavy atom. The lowest BCUT2D eigenvalue weighted by Gasteiger charge is -2.25. The molecule has 64 valence electrons. The lowest BCUT2D eigenvalue weighted by molar-refractivity contribution is 0.118. The van der Waals surface area contributed by atoms with Crippen LogP contribution in [0.2, 0.25) is 0 Å². The number of carbonyl (C=O) groups is 1. The normalized spacial score (nSPS) is 31.4. The fourth-order valence-electron chi connectivity index (χ4n) is 1.42. The predicted molar refractivity (Wildman–Crippen MR) is 41.0 cm³/mol. The number of hydrogen-bond acceptors (Lipinski definition) is 2. The molecule has 11 heavy (non-hydrogen) atoms. The van der Waals surface area contributed by atoms with Crippen molar-refractivity contribution in [3.8, 4) is 0 Å². The molecule has 0 saturated heterocycles. The maximum absolute atomic E-state index is 10.4. The number of urea groups is 1. The Kier molecular flexibility index (Phi) is 2.70. The van der Waals surface area contributed by atoms with Crippen LogP contribution in [0.3, 0.4) is 0 Å². The van der Waals surface area contributed by atoms with Gasteiger partial charge in [-0.2, -0.15) is 0 Å². The van der Waals surface area contributed by atoms with E-state index in [0.717, 1.165) is 25.7 Å². The van der Waals surface area contributed by atoms with Crippen LogP contribution in [-0.2, 0) is 0 Å². The zero-order chi connectivity index (χ0) is 8.27. The molecule has 4 nitrogen and oxygen atoms in total. The lowest BCUT2D eigenvalue weighted by atomic mass is 9.93. The number of nitrogens with one attached hydrogen (secondary N) is 1. The third kappa shape index (κ3) is 2.76. The topological polar surface area (TPSA) is 75.4 Å².